The molecule has 1 N–H and O–H groups in total. The zero-order valence-corrected chi connectivity index (χ0v) is 15.3. The molecule has 1 fully saturated rings. The minimum absolute atomic E-state index is 0.0160. The first-order chi connectivity index (χ1) is 12.4. The molecule has 1 aliphatic rings. The molecule has 2 aromatic rings. The molecule has 1 saturated carbocycles. The van der Waals surface area contributed by atoms with Crippen LogP contribution >= 0.6 is 0 Å². The number of rotatable bonds is 6. The Hall–Kier alpha value is -2.32. The number of hydrogen-bond donors (Lipinski definition) is 1. The van der Waals surface area contributed by atoms with E-state index in [4.69, 9.17) is 4.74 Å². The summed E-state index contributed by atoms with van der Waals surface area (Å²) in [6, 6.07) is 5.85. The number of nitrogens with zero attached hydrogens (tertiary/aromatic N) is 2. The van der Waals surface area contributed by atoms with E-state index in [9.17, 15) is 13.2 Å². The lowest BCUT2D eigenvalue weighted by atomic mass is 9.94. The minimum Gasteiger partial charge on any atom is -0.473 e. The third kappa shape index (κ3) is 4.64. The highest BCUT2D eigenvalue weighted by Crippen LogP contribution is 2.24. The van der Waals surface area contributed by atoms with Gasteiger partial charge in [0.05, 0.1) is 11.1 Å². The Morgan fingerprint density at radius 3 is 2.38 bits per heavy atom. The van der Waals surface area contributed by atoms with E-state index in [2.05, 4.69) is 14.7 Å². The SMILES string of the molecule is CC(=O)c1ccc(S(=O)(=O)NC2CCC(Oc3cnccn3)CC2)cc1. The number of Topliss-reactive ketones (excluding diaryl/α,β-unsaturated/α-hetero) is 1. The molecule has 1 aromatic carbocycles. The normalized spacial score (nSPS) is 20.5. The lowest BCUT2D eigenvalue weighted by molar-refractivity contribution is 0.101. The molecule has 138 valence electrons. The number of hydrogen-bond acceptors (Lipinski definition) is 6. The van der Waals surface area contributed by atoms with Crippen molar-refractivity contribution in [1.82, 2.24) is 14.7 Å². The summed E-state index contributed by atoms with van der Waals surface area (Å²) in [7, 11) is -3.60. The highest BCUT2D eigenvalue weighted by Gasteiger charge is 2.27. The minimum atomic E-state index is -3.60. The number of ketones is 1. The Balaban J connectivity index is 1.55. The van der Waals surface area contributed by atoms with Gasteiger partial charge in [-0.2, -0.15) is 0 Å². The lowest BCUT2D eigenvalue weighted by Crippen LogP contribution is -2.39. The van der Waals surface area contributed by atoms with Crippen LogP contribution in [0.2, 0.25) is 0 Å². The van der Waals surface area contributed by atoms with Gasteiger partial charge in [0.25, 0.3) is 0 Å². The molecule has 0 spiro atoms. The molecular weight excluding hydrogens is 354 g/mol. The summed E-state index contributed by atoms with van der Waals surface area (Å²) in [4.78, 5) is 19.5. The molecule has 1 heterocycles. The van der Waals surface area contributed by atoms with Crippen molar-refractivity contribution in [3.8, 4) is 5.88 Å². The van der Waals surface area contributed by atoms with E-state index in [1.807, 2.05) is 0 Å². The van der Waals surface area contributed by atoms with Crippen LogP contribution in [-0.4, -0.2) is 36.3 Å². The summed E-state index contributed by atoms with van der Waals surface area (Å²) >= 11 is 0. The largest absolute Gasteiger partial charge is 0.473 e. The van der Waals surface area contributed by atoms with Crippen molar-refractivity contribution in [2.24, 2.45) is 0 Å². The molecule has 0 amide bonds. The van der Waals surface area contributed by atoms with Crippen LogP contribution in [0.1, 0.15) is 43.0 Å². The van der Waals surface area contributed by atoms with Crippen LogP contribution in [0.3, 0.4) is 0 Å². The van der Waals surface area contributed by atoms with Crippen molar-refractivity contribution in [3.63, 3.8) is 0 Å². The van der Waals surface area contributed by atoms with Crippen molar-refractivity contribution in [1.29, 1.82) is 0 Å². The third-order valence-corrected chi connectivity index (χ3v) is 5.93. The fourth-order valence-electron chi connectivity index (χ4n) is 2.97. The van der Waals surface area contributed by atoms with Gasteiger partial charge in [0.1, 0.15) is 6.10 Å². The molecule has 26 heavy (non-hydrogen) atoms. The number of nitrogens with one attached hydrogen (secondary N) is 1. The fraction of sp³-hybridized carbons (Fsp3) is 0.389. The number of carbonyl (C=O) groups excluding carboxylic acids is 1. The molecule has 3 rings (SSSR count). The molecule has 0 saturated heterocycles. The second-order valence-electron chi connectivity index (χ2n) is 6.34. The zero-order valence-electron chi connectivity index (χ0n) is 14.5. The van der Waals surface area contributed by atoms with Crippen molar-refractivity contribution in [3.05, 3.63) is 48.4 Å². The summed E-state index contributed by atoms with van der Waals surface area (Å²) in [5, 5.41) is 0. The maximum Gasteiger partial charge on any atom is 0.240 e. The van der Waals surface area contributed by atoms with Gasteiger partial charge in [-0.05, 0) is 44.7 Å². The molecule has 1 aromatic heterocycles. The van der Waals surface area contributed by atoms with E-state index in [1.165, 1.54) is 31.2 Å². The molecule has 7 nitrogen and oxygen atoms in total. The van der Waals surface area contributed by atoms with Crippen LogP contribution in [-0.2, 0) is 10.0 Å². The van der Waals surface area contributed by atoms with Gasteiger partial charge in [-0.15, -0.1) is 0 Å². The molecule has 0 aliphatic heterocycles. The highest BCUT2D eigenvalue weighted by atomic mass is 32.2. The standard InChI is InChI=1S/C18H21N3O4S/c1-13(22)14-2-8-17(9-3-14)26(23,24)21-15-4-6-16(7-5-15)25-18-12-19-10-11-20-18/h2-3,8-12,15-16,21H,4-7H2,1H3. The third-order valence-electron chi connectivity index (χ3n) is 4.39. The Labute approximate surface area is 152 Å². The fourth-order valence-corrected chi connectivity index (χ4v) is 4.28. The van der Waals surface area contributed by atoms with Gasteiger partial charge in [-0.3, -0.25) is 9.78 Å². The summed E-state index contributed by atoms with van der Waals surface area (Å²) in [6.07, 6.45) is 7.61. The van der Waals surface area contributed by atoms with E-state index in [-0.39, 0.29) is 22.8 Å². The summed E-state index contributed by atoms with van der Waals surface area (Å²) in [6.45, 7) is 1.45. The topological polar surface area (TPSA) is 98.2 Å². The first-order valence-electron chi connectivity index (χ1n) is 8.50. The van der Waals surface area contributed by atoms with Crippen molar-refractivity contribution >= 4 is 15.8 Å². The van der Waals surface area contributed by atoms with Gasteiger partial charge >= 0.3 is 0 Å². The predicted octanol–water partition coefficient (Wildman–Crippen LogP) is 2.35. The Morgan fingerprint density at radius 2 is 1.81 bits per heavy atom. The maximum absolute atomic E-state index is 12.5. The van der Waals surface area contributed by atoms with Gasteiger partial charge in [-0.1, -0.05) is 12.1 Å². The van der Waals surface area contributed by atoms with E-state index in [0.717, 1.165) is 12.8 Å². The number of ether oxygens (including phenoxy) is 1. The molecule has 8 heteroatoms. The molecule has 0 atom stereocenters. The average molecular weight is 375 g/mol. The highest BCUT2D eigenvalue weighted by molar-refractivity contribution is 7.89. The van der Waals surface area contributed by atoms with E-state index in [1.54, 1.807) is 18.6 Å². The van der Waals surface area contributed by atoms with E-state index in [0.29, 0.717) is 24.3 Å². The quantitative estimate of drug-likeness (QED) is 0.778. The van der Waals surface area contributed by atoms with E-state index < -0.39 is 10.0 Å². The van der Waals surface area contributed by atoms with Gasteiger partial charge < -0.3 is 4.74 Å². The van der Waals surface area contributed by atoms with Crippen molar-refractivity contribution in [2.45, 2.75) is 49.6 Å². The number of benzene rings is 1. The van der Waals surface area contributed by atoms with Crippen molar-refractivity contribution in [2.75, 3.05) is 0 Å². The van der Waals surface area contributed by atoms with Gasteiger partial charge in [-0.25, -0.2) is 18.1 Å². The molecular formula is C18H21N3O4S. The van der Waals surface area contributed by atoms with E-state index >= 15 is 0 Å². The maximum atomic E-state index is 12.5. The smallest absolute Gasteiger partial charge is 0.240 e. The van der Waals surface area contributed by atoms with Crippen molar-refractivity contribution < 1.29 is 17.9 Å². The molecule has 1 aliphatic carbocycles. The van der Waals surface area contributed by atoms with Crippen LogP contribution in [0.25, 0.3) is 0 Å². The van der Waals surface area contributed by atoms with Crippen LogP contribution in [0.15, 0.2) is 47.8 Å². The molecule has 0 bridgehead atoms. The van der Waals surface area contributed by atoms with Crippen LogP contribution in [0.5, 0.6) is 5.88 Å². The number of aromatic nitrogens is 2. The lowest BCUT2D eigenvalue weighted by Gasteiger charge is -2.28. The van der Waals surface area contributed by atoms with Gasteiger partial charge in [0.2, 0.25) is 15.9 Å². The predicted molar refractivity (Wildman–Crippen MR) is 95.5 cm³/mol. The van der Waals surface area contributed by atoms with Crippen LogP contribution in [0, 0.1) is 0 Å². The second kappa shape index (κ2) is 7.92. The number of sulfonamides is 1. The second-order valence-corrected chi connectivity index (χ2v) is 8.05. The van der Waals surface area contributed by atoms with Gasteiger partial charge in [0, 0.05) is 24.0 Å². The molecule has 0 radical (unpaired) electrons. The first-order valence-corrected chi connectivity index (χ1v) is 9.98. The average Bonchev–Trinajstić information content (AvgIpc) is 2.64. The monoisotopic (exact) mass is 375 g/mol. The Kier molecular flexibility index (Phi) is 5.63. The zero-order chi connectivity index (χ0) is 18.6. The number of carbonyl (C=O) groups is 1. The Bertz CT molecular complexity index is 846. The Morgan fingerprint density at radius 1 is 1.12 bits per heavy atom. The summed E-state index contributed by atoms with van der Waals surface area (Å²) in [5.41, 5.74) is 0.491. The first kappa shape index (κ1) is 18.5. The summed E-state index contributed by atoms with van der Waals surface area (Å²) < 4.78 is 33.5. The van der Waals surface area contributed by atoms with Crippen LogP contribution in [0.4, 0.5) is 0 Å². The molecule has 0 unspecified atom stereocenters. The van der Waals surface area contributed by atoms with Gasteiger partial charge in [0.15, 0.2) is 5.78 Å². The summed E-state index contributed by atoms with van der Waals surface area (Å²) in [5.74, 6) is 0.394. The van der Waals surface area contributed by atoms with Crippen LogP contribution < -0.4 is 9.46 Å².